The van der Waals surface area contributed by atoms with Gasteiger partial charge in [0, 0.05) is 30.5 Å². The summed E-state index contributed by atoms with van der Waals surface area (Å²) >= 11 is 0. The number of hydrogen-bond donors (Lipinski definition) is 1. The molecule has 0 bridgehead atoms. The zero-order chi connectivity index (χ0) is 27.6. The van der Waals surface area contributed by atoms with E-state index in [0.717, 1.165) is 30.5 Å². The molecule has 0 aliphatic carbocycles. The molecule has 1 unspecified atom stereocenters. The van der Waals surface area contributed by atoms with Crippen LogP contribution in [0.15, 0.2) is 66.0 Å². The fourth-order valence-corrected chi connectivity index (χ4v) is 5.88. The van der Waals surface area contributed by atoms with E-state index in [1.807, 2.05) is 19.0 Å². The number of sulfonamides is 1. The van der Waals surface area contributed by atoms with Gasteiger partial charge in [0.1, 0.15) is 22.9 Å². The van der Waals surface area contributed by atoms with Crippen LogP contribution in [0.1, 0.15) is 30.4 Å². The lowest BCUT2D eigenvalue weighted by Gasteiger charge is -2.48. The lowest BCUT2D eigenvalue weighted by Crippen LogP contribution is -2.56. The number of nitrogens with one attached hydrogen (secondary N) is 1. The van der Waals surface area contributed by atoms with Crippen LogP contribution >= 0.6 is 0 Å². The molecular formula is C26H29F4N5O2S. The molecule has 2 heterocycles. The van der Waals surface area contributed by atoms with E-state index >= 15 is 4.39 Å². The van der Waals surface area contributed by atoms with Gasteiger partial charge in [0.25, 0.3) is 10.0 Å². The van der Waals surface area contributed by atoms with Crippen molar-refractivity contribution in [3.63, 3.8) is 0 Å². The van der Waals surface area contributed by atoms with Crippen LogP contribution in [-0.4, -0.2) is 56.0 Å². The van der Waals surface area contributed by atoms with Crippen molar-refractivity contribution in [2.75, 3.05) is 36.8 Å². The Balaban J connectivity index is 1.49. The molecule has 1 atom stereocenters. The van der Waals surface area contributed by atoms with Gasteiger partial charge < -0.3 is 9.80 Å². The first-order valence-corrected chi connectivity index (χ1v) is 13.5. The van der Waals surface area contributed by atoms with Gasteiger partial charge in [-0.05, 0) is 81.7 Å². The third-order valence-corrected chi connectivity index (χ3v) is 8.44. The number of rotatable bonds is 8. The molecule has 0 radical (unpaired) electrons. The number of nitrogens with zero attached hydrogens (tertiary/aromatic N) is 4. The SMILES string of the molecule is CN(C)C1(CCc2ccc(C(F)(F)F)cc2)CCCN(c2ccc(S(=O)(=O)Nc3ccncn3)c(F)c2)C1. The van der Waals surface area contributed by atoms with E-state index in [4.69, 9.17) is 0 Å². The Kier molecular flexibility index (Phi) is 7.93. The van der Waals surface area contributed by atoms with Crippen LogP contribution < -0.4 is 9.62 Å². The van der Waals surface area contributed by atoms with Gasteiger partial charge in [0.15, 0.2) is 0 Å². The highest BCUT2D eigenvalue weighted by Crippen LogP contribution is 2.35. The molecule has 4 rings (SSSR count). The van der Waals surface area contributed by atoms with Crippen LogP contribution in [0.3, 0.4) is 0 Å². The van der Waals surface area contributed by atoms with Crippen LogP contribution in [0.4, 0.5) is 29.1 Å². The van der Waals surface area contributed by atoms with Crippen molar-refractivity contribution in [2.45, 2.75) is 42.3 Å². The summed E-state index contributed by atoms with van der Waals surface area (Å²) in [4.78, 5) is 11.2. The Bertz CT molecular complexity index is 1350. The van der Waals surface area contributed by atoms with E-state index in [1.54, 1.807) is 6.07 Å². The lowest BCUT2D eigenvalue weighted by molar-refractivity contribution is -0.137. The van der Waals surface area contributed by atoms with Gasteiger partial charge in [-0.2, -0.15) is 13.2 Å². The number of piperidine rings is 1. The molecule has 1 N–H and O–H groups in total. The van der Waals surface area contributed by atoms with Crippen molar-refractivity contribution in [3.8, 4) is 0 Å². The predicted octanol–water partition coefficient (Wildman–Crippen LogP) is 4.97. The topological polar surface area (TPSA) is 78.4 Å². The van der Waals surface area contributed by atoms with Crippen LogP contribution in [-0.2, 0) is 22.6 Å². The second kappa shape index (κ2) is 10.9. The summed E-state index contributed by atoms with van der Waals surface area (Å²) in [5.74, 6) is -0.849. The van der Waals surface area contributed by atoms with Crippen LogP contribution in [0.25, 0.3) is 0 Å². The number of aromatic nitrogens is 2. The normalized spacial score (nSPS) is 18.6. The monoisotopic (exact) mass is 551 g/mol. The Morgan fingerprint density at radius 1 is 1.11 bits per heavy atom. The van der Waals surface area contributed by atoms with Crippen molar-refractivity contribution in [1.29, 1.82) is 0 Å². The summed E-state index contributed by atoms with van der Waals surface area (Å²) in [6.07, 6.45) is 1.15. The van der Waals surface area contributed by atoms with E-state index in [2.05, 4.69) is 19.6 Å². The van der Waals surface area contributed by atoms with E-state index in [-0.39, 0.29) is 11.4 Å². The summed E-state index contributed by atoms with van der Waals surface area (Å²) in [6, 6.07) is 10.6. The van der Waals surface area contributed by atoms with Crippen molar-refractivity contribution in [3.05, 3.63) is 78.0 Å². The van der Waals surface area contributed by atoms with Gasteiger partial charge in [-0.3, -0.25) is 4.72 Å². The fourth-order valence-electron chi connectivity index (χ4n) is 4.81. The Morgan fingerprint density at radius 2 is 1.84 bits per heavy atom. The Morgan fingerprint density at radius 3 is 2.45 bits per heavy atom. The van der Waals surface area contributed by atoms with Crippen LogP contribution in [0.2, 0.25) is 0 Å². The van der Waals surface area contributed by atoms with Crippen LogP contribution in [0, 0.1) is 5.82 Å². The van der Waals surface area contributed by atoms with Crippen molar-refractivity contribution >= 4 is 21.5 Å². The molecule has 3 aromatic rings. The summed E-state index contributed by atoms with van der Waals surface area (Å²) < 4.78 is 81.4. The molecule has 7 nitrogen and oxygen atoms in total. The minimum atomic E-state index is -4.37. The Hall–Kier alpha value is -3.25. The maximum absolute atomic E-state index is 15.1. The summed E-state index contributed by atoms with van der Waals surface area (Å²) in [7, 11) is -0.265. The van der Waals surface area contributed by atoms with E-state index in [0.29, 0.717) is 31.6 Å². The highest BCUT2D eigenvalue weighted by molar-refractivity contribution is 7.92. The maximum Gasteiger partial charge on any atom is 0.416 e. The largest absolute Gasteiger partial charge is 0.416 e. The molecule has 0 spiro atoms. The number of anilines is 2. The molecule has 38 heavy (non-hydrogen) atoms. The van der Waals surface area contributed by atoms with E-state index < -0.39 is 32.5 Å². The molecule has 12 heteroatoms. The first-order valence-electron chi connectivity index (χ1n) is 12.1. The van der Waals surface area contributed by atoms with Crippen LogP contribution in [0.5, 0.6) is 0 Å². The second-order valence-electron chi connectivity index (χ2n) is 9.65. The standard InChI is InChI=1S/C26H29F4N5O2S/c1-34(2)25(13-10-19-4-6-20(7-5-19)26(28,29)30)12-3-15-35(17-25)21-8-9-23(22(27)16-21)38(36,37)33-24-11-14-31-18-32-24/h4-9,11,14,16,18H,3,10,12-13,15,17H2,1-2H3,(H,31,32,33). The molecule has 1 saturated heterocycles. The summed E-state index contributed by atoms with van der Waals surface area (Å²) in [5.41, 5.74) is 0.403. The van der Waals surface area contributed by atoms with Gasteiger partial charge in [-0.1, -0.05) is 12.1 Å². The third kappa shape index (κ3) is 6.24. The third-order valence-electron chi connectivity index (χ3n) is 7.06. The highest BCUT2D eigenvalue weighted by atomic mass is 32.2. The smallest absolute Gasteiger partial charge is 0.370 e. The molecule has 1 aromatic heterocycles. The zero-order valence-corrected chi connectivity index (χ0v) is 21.9. The number of hydrogen-bond acceptors (Lipinski definition) is 6. The molecular weight excluding hydrogens is 522 g/mol. The summed E-state index contributed by atoms with van der Waals surface area (Å²) in [5, 5.41) is 0. The second-order valence-corrected chi connectivity index (χ2v) is 11.3. The molecule has 0 saturated carbocycles. The maximum atomic E-state index is 15.1. The van der Waals surface area contributed by atoms with Gasteiger partial charge >= 0.3 is 6.18 Å². The average Bonchev–Trinajstić information content (AvgIpc) is 2.87. The van der Waals surface area contributed by atoms with Crippen molar-refractivity contribution in [2.24, 2.45) is 0 Å². The van der Waals surface area contributed by atoms with E-state index in [9.17, 15) is 21.6 Å². The number of aryl methyl sites for hydroxylation is 1. The molecule has 2 aromatic carbocycles. The fraction of sp³-hybridized carbons (Fsp3) is 0.385. The van der Waals surface area contributed by atoms with Gasteiger partial charge in [0.05, 0.1) is 5.56 Å². The van der Waals surface area contributed by atoms with Crippen molar-refractivity contribution in [1.82, 2.24) is 14.9 Å². The van der Waals surface area contributed by atoms with E-state index in [1.165, 1.54) is 42.9 Å². The van der Waals surface area contributed by atoms with Crippen molar-refractivity contribution < 1.29 is 26.0 Å². The number of halogens is 4. The number of alkyl halides is 3. The lowest BCUT2D eigenvalue weighted by atomic mass is 9.82. The number of benzene rings is 2. The molecule has 1 aliphatic heterocycles. The zero-order valence-electron chi connectivity index (χ0n) is 21.0. The molecule has 0 amide bonds. The minimum Gasteiger partial charge on any atom is -0.370 e. The first-order chi connectivity index (χ1) is 17.9. The number of likely N-dealkylation sites (N-methyl/N-ethyl adjacent to an activating group) is 1. The minimum absolute atomic E-state index is 0.0309. The Labute approximate surface area is 219 Å². The molecule has 1 fully saturated rings. The highest BCUT2D eigenvalue weighted by Gasteiger charge is 2.38. The quantitative estimate of drug-likeness (QED) is 0.399. The molecule has 1 aliphatic rings. The van der Waals surface area contributed by atoms with Gasteiger partial charge in [-0.15, -0.1) is 0 Å². The van der Waals surface area contributed by atoms with Gasteiger partial charge in [-0.25, -0.2) is 22.8 Å². The average molecular weight is 552 g/mol. The molecule has 204 valence electrons. The van der Waals surface area contributed by atoms with Gasteiger partial charge in [0.2, 0.25) is 0 Å². The first kappa shape index (κ1) is 27.8. The predicted molar refractivity (Wildman–Crippen MR) is 137 cm³/mol. The summed E-state index contributed by atoms with van der Waals surface area (Å²) in [6.45, 7) is 1.23.